The first-order valence-corrected chi connectivity index (χ1v) is 5.00. The van der Waals surface area contributed by atoms with Gasteiger partial charge in [-0.1, -0.05) is 0 Å². The van der Waals surface area contributed by atoms with E-state index in [-0.39, 0.29) is 5.22 Å². The van der Waals surface area contributed by atoms with Gasteiger partial charge in [0, 0.05) is 0 Å². The molecule has 0 bridgehead atoms. The molecule has 1 aliphatic carbocycles. The molecule has 1 unspecified atom stereocenters. The quantitative estimate of drug-likeness (QED) is 0.800. The van der Waals surface area contributed by atoms with Crippen LogP contribution in [-0.4, -0.2) is 24.3 Å². The molecule has 1 fully saturated rings. The molecule has 1 saturated carbocycles. The van der Waals surface area contributed by atoms with Crippen molar-refractivity contribution in [2.24, 2.45) is 0 Å². The molecule has 0 aliphatic heterocycles. The van der Waals surface area contributed by atoms with E-state index in [0.717, 1.165) is 0 Å². The second-order valence-corrected chi connectivity index (χ2v) is 4.06. The molecule has 1 atom stereocenters. The van der Waals surface area contributed by atoms with Crippen LogP contribution in [0.5, 0.6) is 0 Å². The molecular formula is C10H11ClO4. The first-order chi connectivity index (χ1) is 7.10. The predicted octanol–water partition coefficient (Wildman–Crippen LogP) is 1.50. The first kappa shape index (κ1) is 10.5. The van der Waals surface area contributed by atoms with Crippen molar-refractivity contribution in [2.45, 2.75) is 24.4 Å². The zero-order valence-corrected chi connectivity index (χ0v) is 8.95. The maximum Gasteiger partial charge on any atom is 0.335 e. The summed E-state index contributed by atoms with van der Waals surface area (Å²) in [5.41, 5.74) is -0.625. The Kier molecular flexibility index (Phi) is 2.48. The van der Waals surface area contributed by atoms with Crippen molar-refractivity contribution in [1.29, 1.82) is 0 Å². The monoisotopic (exact) mass is 230 g/mol. The highest BCUT2D eigenvalue weighted by Gasteiger charge is 2.56. The van der Waals surface area contributed by atoms with Gasteiger partial charge in [0.15, 0.2) is 11.3 Å². The van der Waals surface area contributed by atoms with Gasteiger partial charge in [-0.05, 0) is 36.6 Å². The van der Waals surface area contributed by atoms with E-state index in [0.29, 0.717) is 18.6 Å². The molecule has 0 radical (unpaired) electrons. The second-order valence-electron chi connectivity index (χ2n) is 3.69. The van der Waals surface area contributed by atoms with Crippen LogP contribution < -0.4 is 0 Å². The van der Waals surface area contributed by atoms with Crippen molar-refractivity contribution in [3.63, 3.8) is 0 Å². The van der Waals surface area contributed by atoms with Crippen LogP contribution in [-0.2, 0) is 14.9 Å². The molecule has 1 aromatic rings. The zero-order valence-electron chi connectivity index (χ0n) is 8.20. The molecule has 4 nitrogen and oxygen atoms in total. The smallest absolute Gasteiger partial charge is 0.335 e. The van der Waals surface area contributed by atoms with Gasteiger partial charge in [0.2, 0.25) is 0 Å². The molecule has 1 aromatic heterocycles. The molecule has 0 aromatic carbocycles. The Balaban J connectivity index is 2.24. The maximum absolute atomic E-state index is 11.2. The molecular weight excluding hydrogens is 220 g/mol. The van der Waals surface area contributed by atoms with Crippen molar-refractivity contribution in [2.75, 3.05) is 7.11 Å². The van der Waals surface area contributed by atoms with Crippen LogP contribution in [0.15, 0.2) is 16.5 Å². The molecule has 0 amide bonds. The molecule has 1 N–H and O–H groups in total. The summed E-state index contributed by atoms with van der Waals surface area (Å²) in [5.74, 6) is -0.0922. The second kappa shape index (κ2) is 3.54. The summed E-state index contributed by atoms with van der Waals surface area (Å²) < 4.78 is 9.73. The zero-order chi connectivity index (χ0) is 11.1. The highest BCUT2D eigenvalue weighted by Crippen LogP contribution is 2.52. The number of furan rings is 1. The van der Waals surface area contributed by atoms with Gasteiger partial charge in [-0.25, -0.2) is 4.79 Å². The van der Waals surface area contributed by atoms with E-state index in [1.807, 2.05) is 0 Å². The van der Waals surface area contributed by atoms with Gasteiger partial charge >= 0.3 is 5.97 Å². The van der Waals surface area contributed by atoms with Gasteiger partial charge < -0.3 is 14.3 Å². The van der Waals surface area contributed by atoms with E-state index in [9.17, 15) is 9.90 Å². The number of hydrogen-bond acceptors (Lipinski definition) is 4. The number of aliphatic hydroxyl groups is 1. The Morgan fingerprint density at radius 3 is 2.73 bits per heavy atom. The Labute approximate surface area is 91.8 Å². The SMILES string of the molecule is COC(=O)C(O)C1(c2ccc(Cl)o2)CC1. The lowest BCUT2D eigenvalue weighted by molar-refractivity contribution is -0.152. The average molecular weight is 231 g/mol. The third-order valence-electron chi connectivity index (χ3n) is 2.80. The first-order valence-electron chi connectivity index (χ1n) is 4.62. The summed E-state index contributed by atoms with van der Waals surface area (Å²) in [5, 5.41) is 10.1. The Hall–Kier alpha value is -1.00. The van der Waals surface area contributed by atoms with Crippen LogP contribution in [0.25, 0.3) is 0 Å². The number of halogens is 1. The van der Waals surface area contributed by atoms with E-state index in [1.165, 1.54) is 7.11 Å². The van der Waals surface area contributed by atoms with Crippen LogP contribution in [0.3, 0.4) is 0 Å². The number of carbonyl (C=O) groups is 1. The predicted molar refractivity (Wildman–Crippen MR) is 52.7 cm³/mol. The van der Waals surface area contributed by atoms with Gasteiger partial charge in [0.05, 0.1) is 12.5 Å². The van der Waals surface area contributed by atoms with E-state index in [1.54, 1.807) is 12.1 Å². The largest absolute Gasteiger partial charge is 0.467 e. The van der Waals surface area contributed by atoms with Crippen LogP contribution in [0.2, 0.25) is 5.22 Å². The average Bonchev–Trinajstić information content (AvgIpc) is 2.94. The third-order valence-corrected chi connectivity index (χ3v) is 3.00. The molecule has 15 heavy (non-hydrogen) atoms. The summed E-state index contributed by atoms with van der Waals surface area (Å²) in [6.07, 6.45) is 0.227. The minimum absolute atomic E-state index is 0.258. The fourth-order valence-corrected chi connectivity index (χ4v) is 1.85. The lowest BCUT2D eigenvalue weighted by Gasteiger charge is -2.17. The van der Waals surface area contributed by atoms with Crippen molar-refractivity contribution < 1.29 is 19.1 Å². The van der Waals surface area contributed by atoms with Crippen LogP contribution in [0.4, 0.5) is 0 Å². The Bertz CT molecular complexity index is 381. The molecule has 5 heteroatoms. The van der Waals surface area contributed by atoms with Crippen LogP contribution in [0.1, 0.15) is 18.6 Å². The van der Waals surface area contributed by atoms with Gasteiger partial charge in [-0.2, -0.15) is 0 Å². The summed E-state index contributed by atoms with van der Waals surface area (Å²) in [4.78, 5) is 11.2. The fraction of sp³-hybridized carbons (Fsp3) is 0.500. The summed E-state index contributed by atoms with van der Waals surface area (Å²) in [6.45, 7) is 0. The number of esters is 1. The van der Waals surface area contributed by atoms with Gasteiger partial charge in [0.25, 0.3) is 0 Å². The van der Waals surface area contributed by atoms with E-state index >= 15 is 0 Å². The third kappa shape index (κ3) is 1.64. The summed E-state index contributed by atoms with van der Waals surface area (Å²) in [7, 11) is 1.25. The number of carbonyl (C=O) groups excluding carboxylic acids is 1. The molecule has 0 saturated heterocycles. The van der Waals surface area contributed by atoms with E-state index in [2.05, 4.69) is 4.74 Å². The van der Waals surface area contributed by atoms with Gasteiger partial charge in [0.1, 0.15) is 5.76 Å². The molecule has 0 spiro atoms. The Morgan fingerprint density at radius 2 is 2.33 bits per heavy atom. The van der Waals surface area contributed by atoms with Crippen LogP contribution in [0, 0.1) is 0 Å². The molecule has 1 heterocycles. The lowest BCUT2D eigenvalue weighted by atomic mass is 9.96. The number of ether oxygens (including phenoxy) is 1. The number of methoxy groups -OCH3 is 1. The van der Waals surface area contributed by atoms with E-state index in [4.69, 9.17) is 16.0 Å². The van der Waals surface area contributed by atoms with Crippen LogP contribution >= 0.6 is 11.6 Å². The topological polar surface area (TPSA) is 59.7 Å². The lowest BCUT2D eigenvalue weighted by Crippen LogP contribution is -2.34. The highest BCUT2D eigenvalue weighted by molar-refractivity contribution is 6.28. The van der Waals surface area contributed by atoms with Gasteiger partial charge in [-0.15, -0.1) is 0 Å². The van der Waals surface area contributed by atoms with Crippen molar-refractivity contribution in [3.8, 4) is 0 Å². The minimum atomic E-state index is -1.18. The summed E-state index contributed by atoms with van der Waals surface area (Å²) in [6, 6.07) is 3.28. The maximum atomic E-state index is 11.2. The number of aliphatic hydroxyl groups excluding tert-OH is 1. The standard InChI is InChI=1S/C10H11ClO4/c1-14-9(13)8(12)10(4-5-10)6-2-3-7(11)15-6/h2-3,8,12H,4-5H2,1H3. The van der Waals surface area contributed by atoms with Gasteiger partial charge in [-0.3, -0.25) is 0 Å². The normalized spacial score (nSPS) is 19.7. The number of rotatable bonds is 3. The van der Waals surface area contributed by atoms with Crippen molar-refractivity contribution in [3.05, 3.63) is 23.1 Å². The van der Waals surface area contributed by atoms with Crippen molar-refractivity contribution in [1.82, 2.24) is 0 Å². The summed E-state index contributed by atoms with van der Waals surface area (Å²) >= 11 is 5.65. The molecule has 82 valence electrons. The van der Waals surface area contributed by atoms with Crippen molar-refractivity contribution >= 4 is 17.6 Å². The number of hydrogen-bond donors (Lipinski definition) is 1. The van der Waals surface area contributed by atoms with E-state index < -0.39 is 17.5 Å². The Morgan fingerprint density at radius 1 is 1.67 bits per heavy atom. The molecule has 2 rings (SSSR count). The highest BCUT2D eigenvalue weighted by atomic mass is 35.5. The fourth-order valence-electron chi connectivity index (χ4n) is 1.71. The molecule has 1 aliphatic rings. The minimum Gasteiger partial charge on any atom is -0.467 e.